The van der Waals surface area contributed by atoms with Crippen molar-refractivity contribution < 1.29 is 4.79 Å². The highest BCUT2D eigenvalue weighted by Crippen LogP contribution is 2.33. The zero-order valence-electron chi connectivity index (χ0n) is 13.6. The van der Waals surface area contributed by atoms with Crippen molar-refractivity contribution in [1.82, 2.24) is 4.90 Å². The Kier molecular flexibility index (Phi) is 5.44. The van der Waals surface area contributed by atoms with E-state index in [1.807, 2.05) is 7.05 Å². The van der Waals surface area contributed by atoms with E-state index in [2.05, 4.69) is 34.5 Å². The summed E-state index contributed by atoms with van der Waals surface area (Å²) < 4.78 is 0. The number of rotatable bonds is 4. The Morgan fingerprint density at radius 3 is 2.88 bits per heavy atom. The molecule has 5 heteroatoms. The van der Waals surface area contributed by atoms with Crippen molar-refractivity contribution in [1.29, 1.82) is 0 Å². The molecule has 0 aliphatic heterocycles. The van der Waals surface area contributed by atoms with Gasteiger partial charge in [-0.3, -0.25) is 9.69 Å². The SMILES string of the molecule is CN(CC(=O)Nc1cc(Cl)ccc1Cl)C1CCCc2ccccc21. The van der Waals surface area contributed by atoms with Gasteiger partial charge in [0.1, 0.15) is 0 Å². The van der Waals surface area contributed by atoms with E-state index in [0.717, 1.165) is 19.3 Å². The average Bonchev–Trinajstić information content (AvgIpc) is 2.57. The summed E-state index contributed by atoms with van der Waals surface area (Å²) in [5.74, 6) is -0.0929. The van der Waals surface area contributed by atoms with Crippen molar-refractivity contribution >= 4 is 34.8 Å². The lowest BCUT2D eigenvalue weighted by Gasteiger charge is -2.32. The summed E-state index contributed by atoms with van der Waals surface area (Å²) in [5.41, 5.74) is 3.27. The van der Waals surface area contributed by atoms with Gasteiger partial charge in [-0.25, -0.2) is 0 Å². The summed E-state index contributed by atoms with van der Waals surface area (Å²) in [5, 5.41) is 3.88. The summed E-state index contributed by atoms with van der Waals surface area (Å²) in [7, 11) is 1.99. The molecule has 0 radical (unpaired) electrons. The molecule has 1 N–H and O–H groups in total. The predicted octanol–water partition coefficient (Wildman–Crippen LogP) is 4.94. The van der Waals surface area contributed by atoms with Gasteiger partial charge in [0.15, 0.2) is 0 Å². The minimum atomic E-state index is -0.0929. The van der Waals surface area contributed by atoms with Gasteiger partial charge in [0.05, 0.1) is 17.3 Å². The Labute approximate surface area is 152 Å². The van der Waals surface area contributed by atoms with Crippen LogP contribution in [0.25, 0.3) is 0 Å². The van der Waals surface area contributed by atoms with Crippen LogP contribution in [0.1, 0.15) is 30.0 Å². The highest BCUT2D eigenvalue weighted by Gasteiger charge is 2.24. The van der Waals surface area contributed by atoms with E-state index in [9.17, 15) is 4.79 Å². The molecule has 1 unspecified atom stereocenters. The maximum Gasteiger partial charge on any atom is 0.238 e. The molecule has 0 aromatic heterocycles. The number of hydrogen-bond donors (Lipinski definition) is 1. The zero-order valence-corrected chi connectivity index (χ0v) is 15.1. The number of nitrogens with one attached hydrogen (secondary N) is 1. The van der Waals surface area contributed by atoms with Gasteiger partial charge >= 0.3 is 0 Å². The molecule has 1 atom stereocenters. The van der Waals surface area contributed by atoms with Gasteiger partial charge in [-0.1, -0.05) is 47.5 Å². The maximum atomic E-state index is 12.4. The highest BCUT2D eigenvalue weighted by molar-refractivity contribution is 6.35. The van der Waals surface area contributed by atoms with Crippen LogP contribution in [-0.2, 0) is 11.2 Å². The summed E-state index contributed by atoms with van der Waals surface area (Å²) in [6.45, 7) is 0.307. The largest absolute Gasteiger partial charge is 0.324 e. The number of amides is 1. The van der Waals surface area contributed by atoms with Gasteiger partial charge in [0.2, 0.25) is 5.91 Å². The summed E-state index contributed by atoms with van der Waals surface area (Å²) in [6, 6.07) is 13.8. The standard InChI is InChI=1S/C19H20Cl2N2O/c1-23(18-8-4-6-13-5-2-3-7-15(13)18)12-19(24)22-17-11-14(20)9-10-16(17)21/h2-3,5,7,9-11,18H,4,6,8,12H2,1H3,(H,22,24). The third kappa shape index (κ3) is 3.92. The molecule has 126 valence electrons. The number of aryl methyl sites for hydroxylation is 1. The van der Waals surface area contributed by atoms with Crippen LogP contribution in [0.2, 0.25) is 10.0 Å². The summed E-state index contributed by atoms with van der Waals surface area (Å²) in [4.78, 5) is 14.5. The molecule has 0 saturated carbocycles. The van der Waals surface area contributed by atoms with Crippen molar-refractivity contribution in [3.63, 3.8) is 0 Å². The molecule has 1 aliphatic rings. The zero-order chi connectivity index (χ0) is 17.1. The number of halogens is 2. The van der Waals surface area contributed by atoms with Crippen molar-refractivity contribution in [2.75, 3.05) is 18.9 Å². The molecule has 0 heterocycles. The first-order valence-electron chi connectivity index (χ1n) is 8.07. The second kappa shape index (κ2) is 7.56. The van der Waals surface area contributed by atoms with Crippen LogP contribution in [0.4, 0.5) is 5.69 Å². The van der Waals surface area contributed by atoms with Gasteiger partial charge in [-0.15, -0.1) is 0 Å². The number of nitrogens with zero attached hydrogens (tertiary/aromatic N) is 1. The number of anilines is 1. The lowest BCUT2D eigenvalue weighted by Crippen LogP contribution is -2.34. The molecule has 1 amide bonds. The molecule has 2 aromatic rings. The quantitative estimate of drug-likeness (QED) is 0.834. The predicted molar refractivity (Wildman–Crippen MR) is 99.8 cm³/mol. The number of fused-ring (bicyclic) bond motifs is 1. The minimum Gasteiger partial charge on any atom is -0.324 e. The van der Waals surface area contributed by atoms with Crippen molar-refractivity contribution in [2.45, 2.75) is 25.3 Å². The summed E-state index contributed by atoms with van der Waals surface area (Å²) >= 11 is 12.1. The van der Waals surface area contributed by atoms with Gasteiger partial charge in [-0.05, 0) is 55.6 Å². The fraction of sp³-hybridized carbons (Fsp3) is 0.316. The van der Waals surface area contributed by atoms with Crippen LogP contribution < -0.4 is 5.32 Å². The Bertz CT molecular complexity index is 748. The molecule has 0 spiro atoms. The molecule has 3 rings (SSSR count). The second-order valence-corrected chi connectivity index (χ2v) is 7.04. The van der Waals surface area contributed by atoms with Crippen LogP contribution in [0, 0.1) is 0 Å². The Hall–Kier alpha value is -1.55. The summed E-state index contributed by atoms with van der Waals surface area (Å²) in [6.07, 6.45) is 3.33. The first-order valence-corrected chi connectivity index (χ1v) is 8.83. The Balaban J connectivity index is 1.68. The molecular formula is C19H20Cl2N2O. The lowest BCUT2D eigenvalue weighted by atomic mass is 9.87. The third-order valence-electron chi connectivity index (χ3n) is 4.47. The molecule has 3 nitrogen and oxygen atoms in total. The molecular weight excluding hydrogens is 343 g/mol. The van der Waals surface area contributed by atoms with Crippen LogP contribution in [0.5, 0.6) is 0 Å². The van der Waals surface area contributed by atoms with Gasteiger partial charge in [-0.2, -0.15) is 0 Å². The van der Waals surface area contributed by atoms with Crippen LogP contribution >= 0.6 is 23.2 Å². The van der Waals surface area contributed by atoms with Gasteiger partial charge in [0.25, 0.3) is 0 Å². The number of likely N-dealkylation sites (N-methyl/N-ethyl adjacent to an activating group) is 1. The van der Waals surface area contributed by atoms with Crippen molar-refractivity contribution in [2.24, 2.45) is 0 Å². The maximum absolute atomic E-state index is 12.4. The van der Waals surface area contributed by atoms with E-state index in [0.29, 0.717) is 22.3 Å². The van der Waals surface area contributed by atoms with Gasteiger partial charge < -0.3 is 5.32 Å². The number of benzene rings is 2. The normalized spacial score (nSPS) is 16.8. The van der Waals surface area contributed by atoms with Crippen LogP contribution in [0.15, 0.2) is 42.5 Å². The van der Waals surface area contributed by atoms with Gasteiger partial charge in [0, 0.05) is 11.1 Å². The number of carbonyl (C=O) groups excluding carboxylic acids is 1. The topological polar surface area (TPSA) is 32.3 Å². The Morgan fingerprint density at radius 1 is 1.25 bits per heavy atom. The van der Waals surface area contributed by atoms with E-state index in [1.54, 1.807) is 18.2 Å². The molecule has 2 aromatic carbocycles. The fourth-order valence-electron chi connectivity index (χ4n) is 3.31. The minimum absolute atomic E-state index is 0.0929. The third-order valence-corrected chi connectivity index (χ3v) is 5.03. The molecule has 0 bridgehead atoms. The average molecular weight is 363 g/mol. The van der Waals surface area contributed by atoms with E-state index in [-0.39, 0.29) is 11.9 Å². The van der Waals surface area contributed by atoms with Crippen LogP contribution in [0.3, 0.4) is 0 Å². The van der Waals surface area contributed by atoms with E-state index in [4.69, 9.17) is 23.2 Å². The fourth-order valence-corrected chi connectivity index (χ4v) is 3.64. The molecule has 0 fully saturated rings. The molecule has 24 heavy (non-hydrogen) atoms. The monoisotopic (exact) mass is 362 g/mol. The number of hydrogen-bond acceptors (Lipinski definition) is 2. The lowest BCUT2D eigenvalue weighted by molar-refractivity contribution is -0.117. The van der Waals surface area contributed by atoms with E-state index in [1.165, 1.54) is 11.1 Å². The Morgan fingerprint density at radius 2 is 2.04 bits per heavy atom. The first-order chi connectivity index (χ1) is 11.5. The van der Waals surface area contributed by atoms with Crippen LogP contribution in [-0.4, -0.2) is 24.4 Å². The first kappa shape index (κ1) is 17.3. The smallest absolute Gasteiger partial charge is 0.238 e. The highest BCUT2D eigenvalue weighted by atomic mass is 35.5. The number of carbonyl (C=O) groups is 1. The van der Waals surface area contributed by atoms with Crippen molar-refractivity contribution in [3.05, 3.63) is 63.6 Å². The van der Waals surface area contributed by atoms with Crippen molar-refractivity contribution in [3.8, 4) is 0 Å². The molecule has 1 aliphatic carbocycles. The van der Waals surface area contributed by atoms with E-state index < -0.39 is 0 Å². The second-order valence-electron chi connectivity index (χ2n) is 6.19. The molecule has 0 saturated heterocycles. The van der Waals surface area contributed by atoms with E-state index >= 15 is 0 Å².